The minimum absolute atomic E-state index is 0.0675. The second-order valence-corrected chi connectivity index (χ2v) is 8.76. The second-order valence-electron chi connectivity index (χ2n) is 8.76. The molecule has 1 saturated carbocycles. The Morgan fingerprint density at radius 3 is 2.83 bits per heavy atom. The standard InChI is InChI=1S/C21H25N5O3/c27-21(22-16-2-1-3-16)20-24-23-19-7-14-9-25(10-15(14)11-26(19)20)8-13-4-5-17-18(6-13)29-12-28-17/h4-6,14-16H,1-3,7-12H2,(H,22,27)/t14-,15-/m0/s1. The Morgan fingerprint density at radius 1 is 1.10 bits per heavy atom. The molecule has 2 aromatic rings. The molecule has 152 valence electrons. The van der Waals surface area contributed by atoms with Crippen LogP contribution in [-0.4, -0.2) is 51.5 Å². The summed E-state index contributed by atoms with van der Waals surface area (Å²) in [5, 5.41) is 11.7. The first-order chi connectivity index (χ1) is 14.2. The summed E-state index contributed by atoms with van der Waals surface area (Å²) in [5.41, 5.74) is 1.24. The largest absolute Gasteiger partial charge is 0.454 e. The molecule has 0 spiro atoms. The molecule has 3 aliphatic heterocycles. The molecule has 1 saturated heterocycles. The number of carbonyl (C=O) groups excluding carboxylic acids is 1. The maximum Gasteiger partial charge on any atom is 0.289 e. The van der Waals surface area contributed by atoms with Gasteiger partial charge in [-0.3, -0.25) is 9.69 Å². The number of hydrogen-bond acceptors (Lipinski definition) is 6. The molecule has 2 atom stereocenters. The third-order valence-electron chi connectivity index (χ3n) is 6.83. The quantitative estimate of drug-likeness (QED) is 0.847. The van der Waals surface area contributed by atoms with E-state index in [-0.39, 0.29) is 5.91 Å². The van der Waals surface area contributed by atoms with Crippen LogP contribution < -0.4 is 14.8 Å². The highest BCUT2D eigenvalue weighted by Gasteiger charge is 2.39. The van der Waals surface area contributed by atoms with Crippen molar-refractivity contribution in [1.29, 1.82) is 0 Å². The summed E-state index contributed by atoms with van der Waals surface area (Å²) in [4.78, 5) is 15.1. The minimum atomic E-state index is -0.0675. The van der Waals surface area contributed by atoms with Gasteiger partial charge in [-0.2, -0.15) is 0 Å². The normalized spacial score (nSPS) is 25.4. The Morgan fingerprint density at radius 2 is 1.97 bits per heavy atom. The van der Waals surface area contributed by atoms with E-state index in [2.05, 4.69) is 37.1 Å². The predicted molar refractivity (Wildman–Crippen MR) is 104 cm³/mol. The number of fused-ring (bicyclic) bond motifs is 3. The van der Waals surface area contributed by atoms with Crippen molar-refractivity contribution in [2.75, 3.05) is 19.9 Å². The second kappa shape index (κ2) is 6.73. The topological polar surface area (TPSA) is 81.5 Å². The molecule has 8 nitrogen and oxygen atoms in total. The summed E-state index contributed by atoms with van der Waals surface area (Å²) in [5.74, 6) is 4.14. The van der Waals surface area contributed by atoms with Gasteiger partial charge in [0.05, 0.1) is 0 Å². The zero-order chi connectivity index (χ0) is 19.4. The monoisotopic (exact) mass is 395 g/mol. The van der Waals surface area contributed by atoms with Gasteiger partial charge in [0, 0.05) is 38.6 Å². The summed E-state index contributed by atoms with van der Waals surface area (Å²) < 4.78 is 13.0. The van der Waals surface area contributed by atoms with Gasteiger partial charge >= 0.3 is 0 Å². The van der Waals surface area contributed by atoms with Crippen LogP contribution in [0.4, 0.5) is 0 Å². The molecule has 6 rings (SSSR count). The van der Waals surface area contributed by atoms with Gasteiger partial charge in [-0.25, -0.2) is 0 Å². The van der Waals surface area contributed by atoms with Gasteiger partial charge in [0.25, 0.3) is 5.91 Å². The predicted octanol–water partition coefficient (Wildman–Crippen LogP) is 1.59. The fraction of sp³-hybridized carbons (Fsp3) is 0.571. The van der Waals surface area contributed by atoms with Crippen molar-refractivity contribution >= 4 is 5.91 Å². The fourth-order valence-corrected chi connectivity index (χ4v) is 5.02. The van der Waals surface area contributed by atoms with Gasteiger partial charge < -0.3 is 19.4 Å². The Labute approximate surface area is 169 Å². The maximum atomic E-state index is 12.6. The molecular formula is C21H25N5O3. The molecule has 1 amide bonds. The molecule has 1 aromatic carbocycles. The number of benzene rings is 1. The van der Waals surface area contributed by atoms with Crippen molar-refractivity contribution in [2.45, 2.75) is 44.8 Å². The highest BCUT2D eigenvalue weighted by Crippen LogP contribution is 2.36. The lowest BCUT2D eigenvalue weighted by molar-refractivity contribution is 0.0898. The number of likely N-dealkylation sites (tertiary alicyclic amines) is 1. The molecule has 29 heavy (non-hydrogen) atoms. The molecule has 0 unspecified atom stereocenters. The van der Waals surface area contributed by atoms with Gasteiger partial charge in [-0.1, -0.05) is 6.07 Å². The number of ether oxygens (including phenoxy) is 2. The number of amides is 1. The summed E-state index contributed by atoms with van der Waals surface area (Å²) >= 11 is 0. The first-order valence-corrected chi connectivity index (χ1v) is 10.6. The number of hydrogen-bond donors (Lipinski definition) is 1. The Kier molecular flexibility index (Phi) is 4.00. The molecule has 0 radical (unpaired) electrons. The van der Waals surface area contributed by atoms with E-state index in [0.29, 0.717) is 30.5 Å². The van der Waals surface area contributed by atoms with Crippen LogP contribution in [0.25, 0.3) is 0 Å². The SMILES string of the molecule is O=C(NC1CCC1)c1nnc2n1C[C@@H]1CN(Cc3ccc4c(c3)OCO4)C[C@@H]1C2. The van der Waals surface area contributed by atoms with E-state index in [4.69, 9.17) is 9.47 Å². The number of aromatic nitrogens is 3. The summed E-state index contributed by atoms with van der Waals surface area (Å²) in [6.45, 7) is 4.12. The van der Waals surface area contributed by atoms with Crippen LogP contribution in [0.2, 0.25) is 0 Å². The average molecular weight is 395 g/mol. The molecule has 4 heterocycles. The van der Waals surface area contributed by atoms with Gasteiger partial charge in [0.15, 0.2) is 11.5 Å². The van der Waals surface area contributed by atoms with Crippen LogP contribution >= 0.6 is 0 Å². The summed E-state index contributed by atoms with van der Waals surface area (Å²) in [7, 11) is 0. The smallest absolute Gasteiger partial charge is 0.289 e. The van der Waals surface area contributed by atoms with Crippen molar-refractivity contribution in [3.8, 4) is 11.5 Å². The molecule has 8 heteroatoms. The number of carbonyl (C=O) groups is 1. The molecule has 4 aliphatic rings. The van der Waals surface area contributed by atoms with E-state index >= 15 is 0 Å². The zero-order valence-electron chi connectivity index (χ0n) is 16.3. The van der Waals surface area contributed by atoms with Gasteiger partial charge in [0.1, 0.15) is 5.82 Å². The lowest BCUT2D eigenvalue weighted by Gasteiger charge is -2.28. The van der Waals surface area contributed by atoms with Gasteiger partial charge in [-0.15, -0.1) is 10.2 Å². The van der Waals surface area contributed by atoms with Crippen LogP contribution in [0.15, 0.2) is 18.2 Å². The van der Waals surface area contributed by atoms with E-state index in [1.165, 1.54) is 12.0 Å². The molecule has 1 aromatic heterocycles. The van der Waals surface area contributed by atoms with E-state index in [9.17, 15) is 4.79 Å². The van der Waals surface area contributed by atoms with E-state index in [1.807, 2.05) is 6.07 Å². The van der Waals surface area contributed by atoms with E-state index < -0.39 is 0 Å². The highest BCUT2D eigenvalue weighted by atomic mass is 16.7. The van der Waals surface area contributed by atoms with Crippen LogP contribution in [0.3, 0.4) is 0 Å². The minimum Gasteiger partial charge on any atom is -0.454 e. The third kappa shape index (κ3) is 3.06. The van der Waals surface area contributed by atoms with Gasteiger partial charge in [0.2, 0.25) is 12.6 Å². The lowest BCUT2D eigenvalue weighted by Crippen LogP contribution is -2.41. The van der Waals surface area contributed by atoms with Crippen LogP contribution in [-0.2, 0) is 19.5 Å². The zero-order valence-corrected chi connectivity index (χ0v) is 16.3. The number of nitrogens with one attached hydrogen (secondary N) is 1. The van der Waals surface area contributed by atoms with Crippen LogP contribution in [0, 0.1) is 11.8 Å². The summed E-state index contributed by atoms with van der Waals surface area (Å²) in [6.07, 6.45) is 4.25. The lowest BCUT2D eigenvalue weighted by atomic mass is 9.89. The Bertz CT molecular complexity index is 954. The molecule has 0 bridgehead atoms. The van der Waals surface area contributed by atoms with Crippen molar-refractivity contribution in [2.24, 2.45) is 11.8 Å². The van der Waals surface area contributed by atoms with Gasteiger partial charge in [-0.05, 0) is 48.8 Å². The third-order valence-corrected chi connectivity index (χ3v) is 6.83. The first-order valence-electron chi connectivity index (χ1n) is 10.6. The summed E-state index contributed by atoms with van der Waals surface area (Å²) in [6, 6.07) is 6.51. The highest BCUT2D eigenvalue weighted by molar-refractivity contribution is 5.91. The van der Waals surface area contributed by atoms with Crippen molar-refractivity contribution in [3.05, 3.63) is 35.4 Å². The van der Waals surface area contributed by atoms with Crippen molar-refractivity contribution in [1.82, 2.24) is 25.0 Å². The van der Waals surface area contributed by atoms with Crippen LogP contribution in [0.1, 0.15) is 41.3 Å². The Balaban J connectivity index is 1.13. The maximum absolute atomic E-state index is 12.6. The molecule has 1 aliphatic carbocycles. The Hall–Kier alpha value is -2.61. The van der Waals surface area contributed by atoms with Crippen molar-refractivity contribution in [3.63, 3.8) is 0 Å². The van der Waals surface area contributed by atoms with E-state index in [1.54, 1.807) is 0 Å². The first kappa shape index (κ1) is 17.3. The number of rotatable bonds is 4. The van der Waals surface area contributed by atoms with Crippen LogP contribution in [0.5, 0.6) is 11.5 Å². The fourth-order valence-electron chi connectivity index (χ4n) is 5.02. The molecular weight excluding hydrogens is 370 g/mol. The molecule has 2 fully saturated rings. The molecule has 1 N–H and O–H groups in total. The average Bonchev–Trinajstić information content (AvgIpc) is 3.39. The van der Waals surface area contributed by atoms with Crippen molar-refractivity contribution < 1.29 is 14.3 Å². The number of nitrogens with zero attached hydrogens (tertiary/aromatic N) is 4. The van der Waals surface area contributed by atoms with E-state index in [0.717, 1.165) is 62.8 Å².